The molecule has 0 fully saturated rings. The molecular weight excluding hydrogens is 272 g/mol. The lowest BCUT2D eigenvalue weighted by molar-refractivity contribution is 0.0696. The minimum atomic E-state index is -1.09. The predicted molar refractivity (Wildman–Crippen MR) is 80.8 cm³/mol. The fraction of sp³-hybridized carbons (Fsp3) is 0.429. The molecule has 2 rings (SSSR count). The van der Waals surface area contributed by atoms with Crippen LogP contribution in [0.5, 0.6) is 0 Å². The van der Waals surface area contributed by atoms with Crippen LogP contribution in [0.3, 0.4) is 0 Å². The van der Waals surface area contributed by atoms with Gasteiger partial charge in [0.25, 0.3) is 0 Å². The second kappa shape index (κ2) is 5.76. The van der Waals surface area contributed by atoms with Gasteiger partial charge in [0.1, 0.15) is 6.73 Å². The van der Waals surface area contributed by atoms with Crippen LogP contribution in [0, 0.1) is 0 Å². The smallest absolute Gasteiger partial charge is 0.335 e. The number of nitrogens with zero attached hydrogens (tertiary/aromatic N) is 2. The van der Waals surface area contributed by atoms with Crippen LogP contribution in [0.1, 0.15) is 10.4 Å². The number of benzene rings is 1. The van der Waals surface area contributed by atoms with Gasteiger partial charge in [-0.25, -0.2) is 9.48 Å². The third-order valence-electron chi connectivity index (χ3n) is 3.10. The van der Waals surface area contributed by atoms with Crippen molar-refractivity contribution in [2.45, 2.75) is 32.4 Å². The average molecular weight is 292 g/mol. The number of ether oxygens (including phenoxy) is 1. The number of aromatic nitrogens is 2. The molecule has 0 bridgehead atoms. The lowest BCUT2D eigenvalue weighted by Gasteiger charge is -2.15. The Bertz CT molecular complexity index is 616. The maximum Gasteiger partial charge on any atom is 0.335 e. The van der Waals surface area contributed by atoms with Gasteiger partial charge in [0.05, 0.1) is 17.3 Å². The summed E-state index contributed by atoms with van der Waals surface area (Å²) in [5.41, 5.74) is 1.05. The van der Waals surface area contributed by atoms with Crippen LogP contribution < -0.4 is 0 Å². The Labute approximate surface area is 119 Å². The van der Waals surface area contributed by atoms with Crippen molar-refractivity contribution in [3.05, 3.63) is 30.0 Å². The highest BCUT2D eigenvalue weighted by Gasteiger charge is 2.12. The van der Waals surface area contributed by atoms with E-state index in [9.17, 15) is 4.79 Å². The minimum Gasteiger partial charge on any atom is -0.478 e. The molecule has 0 radical (unpaired) electrons. The summed E-state index contributed by atoms with van der Waals surface area (Å²) in [5, 5.41) is 14.2. The van der Waals surface area contributed by atoms with Crippen LogP contribution in [0.2, 0.25) is 25.7 Å². The summed E-state index contributed by atoms with van der Waals surface area (Å²) in [6.45, 7) is 7.99. The Morgan fingerprint density at radius 3 is 2.80 bits per heavy atom. The molecule has 0 aliphatic carbocycles. The Hall–Kier alpha value is -1.66. The van der Waals surface area contributed by atoms with Gasteiger partial charge < -0.3 is 9.84 Å². The van der Waals surface area contributed by atoms with Crippen molar-refractivity contribution in [2.75, 3.05) is 6.61 Å². The van der Waals surface area contributed by atoms with Crippen molar-refractivity contribution in [1.82, 2.24) is 9.78 Å². The summed E-state index contributed by atoms with van der Waals surface area (Å²) in [7, 11) is -1.09. The summed E-state index contributed by atoms with van der Waals surface area (Å²) in [5.74, 6) is -0.931. The molecule has 1 heterocycles. The highest BCUT2D eigenvalue weighted by molar-refractivity contribution is 6.76. The molecule has 0 amide bonds. The monoisotopic (exact) mass is 292 g/mol. The van der Waals surface area contributed by atoms with Gasteiger partial charge in [-0.3, -0.25) is 0 Å². The van der Waals surface area contributed by atoms with Crippen molar-refractivity contribution in [2.24, 2.45) is 0 Å². The van der Waals surface area contributed by atoms with E-state index in [1.54, 1.807) is 29.1 Å². The number of rotatable bonds is 6. The standard InChI is InChI=1S/C14H20N2O3Si/c1-20(2,3)7-6-19-10-16-13-8-11(14(17)18)4-5-12(13)9-15-16/h4-5,8-9H,6-7,10H2,1-3H3,(H,17,18). The maximum absolute atomic E-state index is 11.0. The number of fused-ring (bicyclic) bond motifs is 1. The van der Waals surface area contributed by atoms with E-state index in [-0.39, 0.29) is 5.56 Å². The Balaban J connectivity index is 2.06. The van der Waals surface area contributed by atoms with E-state index in [0.29, 0.717) is 6.73 Å². The van der Waals surface area contributed by atoms with Gasteiger partial charge in [0.15, 0.2) is 0 Å². The lowest BCUT2D eigenvalue weighted by Crippen LogP contribution is -2.22. The van der Waals surface area contributed by atoms with Gasteiger partial charge in [0.2, 0.25) is 0 Å². The summed E-state index contributed by atoms with van der Waals surface area (Å²) in [6.07, 6.45) is 1.73. The van der Waals surface area contributed by atoms with Gasteiger partial charge in [-0.1, -0.05) is 25.7 Å². The number of carboxylic acids is 1. The van der Waals surface area contributed by atoms with Gasteiger partial charge in [0, 0.05) is 20.1 Å². The Kier molecular flexibility index (Phi) is 4.25. The van der Waals surface area contributed by atoms with Crippen LogP contribution in [0.15, 0.2) is 24.4 Å². The summed E-state index contributed by atoms with van der Waals surface area (Å²) >= 11 is 0. The van der Waals surface area contributed by atoms with E-state index in [2.05, 4.69) is 24.7 Å². The molecule has 0 atom stereocenters. The maximum atomic E-state index is 11.0. The molecule has 20 heavy (non-hydrogen) atoms. The minimum absolute atomic E-state index is 0.265. The fourth-order valence-corrected chi connectivity index (χ4v) is 2.59. The van der Waals surface area contributed by atoms with Crippen LogP contribution in [0.4, 0.5) is 0 Å². The SMILES string of the molecule is C[Si](C)(C)CCOCn1ncc2ccc(C(=O)O)cc21. The summed E-state index contributed by atoms with van der Waals surface area (Å²) in [4.78, 5) is 11.0. The van der Waals surface area contributed by atoms with Crippen LogP contribution >= 0.6 is 0 Å². The number of carboxylic acid groups (broad SMARTS) is 1. The third-order valence-corrected chi connectivity index (χ3v) is 4.81. The van der Waals surface area contributed by atoms with Crippen molar-refractivity contribution in [3.8, 4) is 0 Å². The zero-order valence-corrected chi connectivity index (χ0v) is 13.1. The van der Waals surface area contributed by atoms with Gasteiger partial charge in [-0.2, -0.15) is 5.10 Å². The molecular formula is C14H20N2O3Si. The molecule has 0 aliphatic rings. The zero-order valence-electron chi connectivity index (χ0n) is 12.1. The largest absolute Gasteiger partial charge is 0.478 e. The number of hydrogen-bond donors (Lipinski definition) is 1. The molecule has 2 aromatic rings. The molecule has 0 spiro atoms. The van der Waals surface area contributed by atoms with Crippen LogP contribution in [-0.4, -0.2) is 35.5 Å². The molecule has 6 heteroatoms. The predicted octanol–water partition coefficient (Wildman–Crippen LogP) is 3.05. The van der Waals surface area contributed by atoms with E-state index >= 15 is 0 Å². The molecule has 0 aliphatic heterocycles. The molecule has 1 aromatic carbocycles. The Morgan fingerprint density at radius 2 is 2.15 bits per heavy atom. The summed E-state index contributed by atoms with van der Waals surface area (Å²) in [6, 6.07) is 6.09. The first-order chi connectivity index (χ1) is 9.37. The van der Waals surface area contributed by atoms with Crippen molar-refractivity contribution in [1.29, 1.82) is 0 Å². The van der Waals surface area contributed by atoms with E-state index in [1.165, 1.54) is 0 Å². The zero-order chi connectivity index (χ0) is 14.8. The molecule has 5 nitrogen and oxygen atoms in total. The van der Waals surface area contributed by atoms with Crippen molar-refractivity contribution >= 4 is 24.9 Å². The van der Waals surface area contributed by atoms with Crippen molar-refractivity contribution in [3.63, 3.8) is 0 Å². The quantitative estimate of drug-likeness (QED) is 0.656. The van der Waals surface area contributed by atoms with Gasteiger partial charge in [-0.15, -0.1) is 0 Å². The van der Waals surface area contributed by atoms with Crippen molar-refractivity contribution < 1.29 is 14.6 Å². The van der Waals surface area contributed by atoms with Crippen LogP contribution in [0.25, 0.3) is 10.9 Å². The molecule has 108 valence electrons. The molecule has 1 N–H and O–H groups in total. The Morgan fingerprint density at radius 1 is 1.40 bits per heavy atom. The average Bonchev–Trinajstić information content (AvgIpc) is 2.76. The van der Waals surface area contributed by atoms with Crippen LogP contribution in [-0.2, 0) is 11.5 Å². The topological polar surface area (TPSA) is 64.4 Å². The highest BCUT2D eigenvalue weighted by atomic mass is 28.3. The molecule has 0 unspecified atom stereocenters. The lowest BCUT2D eigenvalue weighted by atomic mass is 10.2. The van der Waals surface area contributed by atoms with E-state index in [1.807, 2.05) is 0 Å². The number of aromatic carboxylic acids is 1. The number of carbonyl (C=O) groups is 1. The third kappa shape index (κ3) is 3.67. The first-order valence-electron chi connectivity index (χ1n) is 6.63. The second-order valence-corrected chi connectivity index (χ2v) is 11.7. The van der Waals surface area contributed by atoms with Gasteiger partial charge in [-0.05, 0) is 18.2 Å². The first-order valence-corrected chi connectivity index (χ1v) is 10.3. The number of hydrogen-bond acceptors (Lipinski definition) is 3. The van der Waals surface area contributed by atoms with E-state index in [4.69, 9.17) is 9.84 Å². The highest BCUT2D eigenvalue weighted by Crippen LogP contribution is 2.16. The normalized spacial score (nSPS) is 11.9. The van der Waals surface area contributed by atoms with E-state index < -0.39 is 14.0 Å². The van der Waals surface area contributed by atoms with Gasteiger partial charge >= 0.3 is 5.97 Å². The second-order valence-electron chi connectivity index (χ2n) is 6.07. The molecule has 0 saturated carbocycles. The first kappa shape index (κ1) is 14.7. The fourth-order valence-electron chi connectivity index (χ4n) is 1.84. The summed E-state index contributed by atoms with van der Waals surface area (Å²) < 4.78 is 7.35. The molecule has 0 saturated heterocycles. The molecule has 1 aromatic heterocycles. The van der Waals surface area contributed by atoms with E-state index in [0.717, 1.165) is 23.6 Å².